The summed E-state index contributed by atoms with van der Waals surface area (Å²) in [6, 6.07) is 7.32. The predicted octanol–water partition coefficient (Wildman–Crippen LogP) is 3.93. The summed E-state index contributed by atoms with van der Waals surface area (Å²) >= 11 is 11.9. The number of fused-ring (bicyclic) bond motifs is 1. The van der Waals surface area contributed by atoms with E-state index < -0.39 is 0 Å². The van der Waals surface area contributed by atoms with E-state index in [-0.39, 0.29) is 0 Å². The number of aromatic nitrogens is 3. The average Bonchev–Trinajstić information content (AvgIpc) is 2.74. The lowest BCUT2D eigenvalue weighted by Gasteiger charge is -1.93. The van der Waals surface area contributed by atoms with Crippen molar-refractivity contribution in [2.24, 2.45) is 0 Å². The first-order valence-electron chi connectivity index (χ1n) is 4.99. The van der Waals surface area contributed by atoms with Gasteiger partial charge in [-0.15, -0.1) is 0 Å². The van der Waals surface area contributed by atoms with Gasteiger partial charge < -0.3 is 4.98 Å². The van der Waals surface area contributed by atoms with Crippen LogP contribution < -0.4 is 0 Å². The van der Waals surface area contributed by atoms with E-state index in [2.05, 4.69) is 15.0 Å². The van der Waals surface area contributed by atoms with E-state index in [1.165, 1.54) is 0 Å². The van der Waals surface area contributed by atoms with Crippen molar-refractivity contribution in [3.05, 3.63) is 46.7 Å². The molecule has 3 aromatic rings. The van der Waals surface area contributed by atoms with Crippen LogP contribution in [0.2, 0.25) is 10.0 Å². The van der Waals surface area contributed by atoms with E-state index in [1.54, 1.807) is 24.5 Å². The van der Waals surface area contributed by atoms with Gasteiger partial charge in [-0.3, -0.25) is 4.98 Å². The Kier molecular flexibility index (Phi) is 2.50. The molecule has 0 fully saturated rings. The lowest BCUT2D eigenvalue weighted by Crippen LogP contribution is -1.80. The van der Waals surface area contributed by atoms with Crippen molar-refractivity contribution >= 4 is 34.2 Å². The summed E-state index contributed by atoms with van der Waals surface area (Å²) in [4.78, 5) is 11.7. The van der Waals surface area contributed by atoms with Gasteiger partial charge in [0.05, 0.1) is 21.1 Å². The van der Waals surface area contributed by atoms with Gasteiger partial charge in [-0.1, -0.05) is 23.2 Å². The molecule has 0 atom stereocenters. The zero-order chi connectivity index (χ0) is 11.8. The molecule has 0 aliphatic rings. The van der Waals surface area contributed by atoms with E-state index in [4.69, 9.17) is 23.2 Å². The molecule has 5 heteroatoms. The van der Waals surface area contributed by atoms with Gasteiger partial charge in [0.15, 0.2) is 0 Å². The van der Waals surface area contributed by atoms with Gasteiger partial charge >= 0.3 is 0 Å². The summed E-state index contributed by atoms with van der Waals surface area (Å²) in [5.41, 5.74) is 2.58. The van der Waals surface area contributed by atoms with Crippen molar-refractivity contribution in [1.82, 2.24) is 15.0 Å². The molecule has 84 valence electrons. The topological polar surface area (TPSA) is 41.6 Å². The molecule has 0 radical (unpaired) electrons. The molecule has 3 rings (SSSR count). The molecule has 2 aromatic heterocycles. The summed E-state index contributed by atoms with van der Waals surface area (Å²) < 4.78 is 0. The van der Waals surface area contributed by atoms with Gasteiger partial charge in [0.1, 0.15) is 5.82 Å². The number of hydrogen-bond acceptors (Lipinski definition) is 2. The van der Waals surface area contributed by atoms with Crippen LogP contribution in [0.25, 0.3) is 22.4 Å². The Hall–Kier alpha value is -1.58. The van der Waals surface area contributed by atoms with Gasteiger partial charge in [0.2, 0.25) is 0 Å². The van der Waals surface area contributed by atoms with E-state index >= 15 is 0 Å². The maximum atomic E-state index is 5.95. The number of hydrogen-bond donors (Lipinski definition) is 1. The van der Waals surface area contributed by atoms with Crippen molar-refractivity contribution < 1.29 is 0 Å². The lowest BCUT2D eigenvalue weighted by atomic mass is 10.3. The molecule has 0 aliphatic heterocycles. The SMILES string of the molecule is Clc1cc2nc(-c3cccnc3)[nH]c2cc1Cl. The molecule has 0 saturated heterocycles. The van der Waals surface area contributed by atoms with Crippen molar-refractivity contribution in [1.29, 1.82) is 0 Å². The third-order valence-corrected chi connectivity index (χ3v) is 3.18. The van der Waals surface area contributed by atoms with Crippen LogP contribution in [0.15, 0.2) is 36.7 Å². The number of imidazole rings is 1. The summed E-state index contributed by atoms with van der Waals surface area (Å²) in [5.74, 6) is 0.756. The largest absolute Gasteiger partial charge is 0.338 e. The highest BCUT2D eigenvalue weighted by molar-refractivity contribution is 6.42. The first kappa shape index (κ1) is 10.6. The van der Waals surface area contributed by atoms with Crippen molar-refractivity contribution in [2.75, 3.05) is 0 Å². The van der Waals surface area contributed by atoms with E-state index in [1.807, 2.05) is 12.1 Å². The van der Waals surface area contributed by atoms with Crippen molar-refractivity contribution in [3.8, 4) is 11.4 Å². The minimum Gasteiger partial charge on any atom is -0.338 e. The molecule has 3 nitrogen and oxygen atoms in total. The highest BCUT2D eigenvalue weighted by atomic mass is 35.5. The maximum Gasteiger partial charge on any atom is 0.140 e. The summed E-state index contributed by atoms with van der Waals surface area (Å²) in [7, 11) is 0. The molecule has 17 heavy (non-hydrogen) atoms. The highest BCUT2D eigenvalue weighted by Gasteiger charge is 2.07. The van der Waals surface area contributed by atoms with Gasteiger partial charge in [-0.05, 0) is 24.3 Å². The molecule has 1 aromatic carbocycles. The number of nitrogens with zero attached hydrogens (tertiary/aromatic N) is 2. The fraction of sp³-hybridized carbons (Fsp3) is 0. The van der Waals surface area contributed by atoms with Crippen molar-refractivity contribution in [3.63, 3.8) is 0 Å². The number of halogens is 2. The lowest BCUT2D eigenvalue weighted by molar-refractivity contribution is 1.27. The molecule has 2 heterocycles. The fourth-order valence-corrected chi connectivity index (χ4v) is 1.97. The van der Waals surface area contributed by atoms with Crippen LogP contribution >= 0.6 is 23.2 Å². The Morgan fingerprint density at radius 1 is 1.12 bits per heavy atom. The molecular weight excluding hydrogens is 257 g/mol. The number of pyridine rings is 1. The Balaban J connectivity index is 2.21. The average molecular weight is 264 g/mol. The van der Waals surface area contributed by atoms with Gasteiger partial charge in [0, 0.05) is 18.0 Å². The van der Waals surface area contributed by atoms with Crippen LogP contribution in [-0.4, -0.2) is 15.0 Å². The quantitative estimate of drug-likeness (QED) is 0.723. The minimum absolute atomic E-state index is 0.503. The molecule has 0 amide bonds. The molecular formula is C12H7Cl2N3. The number of nitrogens with one attached hydrogen (secondary N) is 1. The Morgan fingerprint density at radius 2 is 1.94 bits per heavy atom. The van der Waals surface area contributed by atoms with Gasteiger partial charge in [-0.2, -0.15) is 0 Å². The van der Waals surface area contributed by atoms with Crippen molar-refractivity contribution in [2.45, 2.75) is 0 Å². The van der Waals surface area contributed by atoms with Crippen LogP contribution in [-0.2, 0) is 0 Å². The van der Waals surface area contributed by atoms with Crippen LogP contribution in [0, 0.1) is 0 Å². The second kappa shape index (κ2) is 4.02. The van der Waals surface area contributed by atoms with Gasteiger partial charge in [-0.25, -0.2) is 4.98 Å². The smallest absolute Gasteiger partial charge is 0.140 e. The normalized spacial score (nSPS) is 10.9. The molecule has 0 bridgehead atoms. The van der Waals surface area contributed by atoms with E-state index in [0.717, 1.165) is 22.4 Å². The van der Waals surface area contributed by atoms with Crippen LogP contribution in [0.1, 0.15) is 0 Å². The number of H-pyrrole nitrogens is 1. The Labute approximate surface area is 107 Å². The highest BCUT2D eigenvalue weighted by Crippen LogP contribution is 2.28. The van der Waals surface area contributed by atoms with Crippen LogP contribution in [0.4, 0.5) is 0 Å². The zero-order valence-corrected chi connectivity index (χ0v) is 10.1. The third-order valence-electron chi connectivity index (χ3n) is 2.46. The first-order chi connectivity index (χ1) is 8.24. The number of benzene rings is 1. The van der Waals surface area contributed by atoms with Crippen LogP contribution in [0.3, 0.4) is 0 Å². The zero-order valence-electron chi connectivity index (χ0n) is 8.61. The summed E-state index contributed by atoms with van der Waals surface area (Å²) in [6.45, 7) is 0. The standard InChI is InChI=1S/C12H7Cl2N3/c13-8-4-10-11(5-9(8)14)17-12(16-10)7-2-1-3-15-6-7/h1-6H,(H,16,17). The summed E-state index contributed by atoms with van der Waals surface area (Å²) in [5, 5.41) is 1.02. The molecule has 0 saturated carbocycles. The Bertz CT molecular complexity index is 638. The number of rotatable bonds is 1. The fourth-order valence-electron chi connectivity index (χ4n) is 1.64. The second-order valence-electron chi connectivity index (χ2n) is 3.61. The molecule has 0 spiro atoms. The molecule has 1 N–H and O–H groups in total. The first-order valence-corrected chi connectivity index (χ1v) is 5.75. The Morgan fingerprint density at radius 3 is 2.71 bits per heavy atom. The maximum absolute atomic E-state index is 5.95. The number of aromatic amines is 1. The van der Waals surface area contributed by atoms with E-state index in [9.17, 15) is 0 Å². The molecule has 0 aliphatic carbocycles. The van der Waals surface area contributed by atoms with Crippen LogP contribution in [0.5, 0.6) is 0 Å². The third kappa shape index (κ3) is 1.88. The van der Waals surface area contributed by atoms with Gasteiger partial charge in [0.25, 0.3) is 0 Å². The molecule has 0 unspecified atom stereocenters. The second-order valence-corrected chi connectivity index (χ2v) is 4.42. The predicted molar refractivity (Wildman–Crippen MR) is 69.3 cm³/mol. The minimum atomic E-state index is 0.503. The monoisotopic (exact) mass is 263 g/mol. The van der Waals surface area contributed by atoms with E-state index in [0.29, 0.717) is 10.0 Å². The summed E-state index contributed by atoms with van der Waals surface area (Å²) in [6.07, 6.45) is 3.47.